The summed E-state index contributed by atoms with van der Waals surface area (Å²) in [5.41, 5.74) is 0.448. The number of anilines is 1. The zero-order valence-electron chi connectivity index (χ0n) is 10.3. The first-order valence-corrected chi connectivity index (χ1v) is 5.48. The lowest BCUT2D eigenvalue weighted by atomic mass is 10.3. The average molecular weight is 258 g/mol. The molecule has 0 aliphatic rings. The van der Waals surface area contributed by atoms with Crippen molar-refractivity contribution in [2.24, 2.45) is 0 Å². The molecular formula is C12H16F2N2O2. The van der Waals surface area contributed by atoms with Gasteiger partial charge in [0.25, 0.3) is 0 Å². The molecule has 0 spiro atoms. The summed E-state index contributed by atoms with van der Waals surface area (Å²) in [6.45, 7) is -2.50. The van der Waals surface area contributed by atoms with Gasteiger partial charge in [0.05, 0.1) is 5.69 Å². The summed E-state index contributed by atoms with van der Waals surface area (Å²) in [6, 6.07) is 6.38. The fourth-order valence-corrected chi connectivity index (χ4v) is 1.34. The van der Waals surface area contributed by atoms with Crippen LogP contribution in [0.25, 0.3) is 0 Å². The third-order valence-electron chi connectivity index (χ3n) is 2.26. The van der Waals surface area contributed by atoms with Gasteiger partial charge in [0, 0.05) is 27.1 Å². The van der Waals surface area contributed by atoms with E-state index in [9.17, 15) is 13.6 Å². The Kier molecular flexibility index (Phi) is 5.35. The van der Waals surface area contributed by atoms with Crippen LogP contribution in [-0.4, -0.2) is 38.1 Å². The van der Waals surface area contributed by atoms with Crippen molar-refractivity contribution in [3.8, 4) is 5.75 Å². The van der Waals surface area contributed by atoms with Gasteiger partial charge < -0.3 is 15.0 Å². The van der Waals surface area contributed by atoms with E-state index in [-0.39, 0.29) is 18.1 Å². The number of rotatable bonds is 6. The SMILES string of the molecule is CN(C)C(=O)CCNc1ccccc1OC(F)F. The van der Waals surface area contributed by atoms with Gasteiger partial charge in [-0.2, -0.15) is 8.78 Å². The third kappa shape index (κ3) is 4.57. The van der Waals surface area contributed by atoms with Crippen molar-refractivity contribution >= 4 is 11.6 Å². The number of hydrogen-bond donors (Lipinski definition) is 1. The highest BCUT2D eigenvalue weighted by atomic mass is 19.3. The van der Waals surface area contributed by atoms with Gasteiger partial charge in [0.1, 0.15) is 5.75 Å². The Labute approximate surface area is 105 Å². The molecule has 0 saturated carbocycles. The van der Waals surface area contributed by atoms with Crippen LogP contribution in [0.4, 0.5) is 14.5 Å². The molecule has 0 radical (unpaired) electrons. The number of hydrogen-bond acceptors (Lipinski definition) is 3. The average Bonchev–Trinajstić information content (AvgIpc) is 2.30. The molecule has 1 aromatic carbocycles. The number of carbonyl (C=O) groups is 1. The van der Waals surface area contributed by atoms with E-state index in [4.69, 9.17) is 0 Å². The van der Waals surface area contributed by atoms with Gasteiger partial charge in [-0.05, 0) is 12.1 Å². The van der Waals surface area contributed by atoms with Gasteiger partial charge in [-0.25, -0.2) is 0 Å². The molecule has 1 amide bonds. The zero-order valence-corrected chi connectivity index (χ0v) is 10.3. The van der Waals surface area contributed by atoms with E-state index in [1.165, 1.54) is 11.0 Å². The summed E-state index contributed by atoms with van der Waals surface area (Å²) in [5.74, 6) is 0.0413. The molecule has 0 fully saturated rings. The highest BCUT2D eigenvalue weighted by Gasteiger charge is 2.09. The maximum absolute atomic E-state index is 12.1. The molecule has 0 aliphatic heterocycles. The molecule has 0 bridgehead atoms. The molecule has 100 valence electrons. The minimum absolute atomic E-state index is 0.0326. The zero-order chi connectivity index (χ0) is 13.5. The molecule has 1 aromatic rings. The minimum Gasteiger partial charge on any atom is -0.433 e. The number of para-hydroxylation sites is 2. The number of halogens is 2. The summed E-state index contributed by atoms with van der Waals surface area (Å²) in [6.07, 6.45) is 0.288. The van der Waals surface area contributed by atoms with Crippen LogP contribution in [0.3, 0.4) is 0 Å². The smallest absolute Gasteiger partial charge is 0.387 e. The Morgan fingerprint density at radius 3 is 2.67 bits per heavy atom. The molecule has 18 heavy (non-hydrogen) atoms. The molecule has 0 atom stereocenters. The molecule has 0 aromatic heterocycles. The van der Waals surface area contributed by atoms with Crippen molar-refractivity contribution in [3.05, 3.63) is 24.3 Å². The fraction of sp³-hybridized carbons (Fsp3) is 0.417. The van der Waals surface area contributed by atoms with E-state index < -0.39 is 6.61 Å². The van der Waals surface area contributed by atoms with Crippen LogP contribution in [-0.2, 0) is 4.79 Å². The fourth-order valence-electron chi connectivity index (χ4n) is 1.34. The summed E-state index contributed by atoms with van der Waals surface area (Å²) >= 11 is 0. The highest BCUT2D eigenvalue weighted by molar-refractivity contribution is 5.76. The van der Waals surface area contributed by atoms with Crippen LogP contribution < -0.4 is 10.1 Å². The Bertz CT molecular complexity index is 397. The molecule has 0 aliphatic carbocycles. The number of carbonyl (C=O) groups excluding carboxylic acids is 1. The topological polar surface area (TPSA) is 41.6 Å². The number of benzene rings is 1. The van der Waals surface area contributed by atoms with Crippen LogP contribution in [0.2, 0.25) is 0 Å². The van der Waals surface area contributed by atoms with Crippen LogP contribution in [0.15, 0.2) is 24.3 Å². The Hall–Kier alpha value is -1.85. The Balaban J connectivity index is 2.54. The number of amides is 1. The monoisotopic (exact) mass is 258 g/mol. The first-order chi connectivity index (χ1) is 8.50. The predicted octanol–water partition coefficient (Wildman–Crippen LogP) is 2.18. The van der Waals surface area contributed by atoms with Crippen molar-refractivity contribution in [3.63, 3.8) is 0 Å². The van der Waals surface area contributed by atoms with E-state index in [2.05, 4.69) is 10.1 Å². The van der Waals surface area contributed by atoms with Gasteiger partial charge in [-0.15, -0.1) is 0 Å². The lowest BCUT2D eigenvalue weighted by Crippen LogP contribution is -2.24. The maximum atomic E-state index is 12.1. The van der Waals surface area contributed by atoms with Crippen LogP contribution in [0.5, 0.6) is 5.75 Å². The largest absolute Gasteiger partial charge is 0.433 e. The lowest BCUT2D eigenvalue weighted by Gasteiger charge is -2.13. The molecule has 0 heterocycles. The molecule has 0 saturated heterocycles. The van der Waals surface area contributed by atoms with E-state index in [0.717, 1.165) is 0 Å². The van der Waals surface area contributed by atoms with Crippen molar-refractivity contribution in [1.82, 2.24) is 4.90 Å². The summed E-state index contributed by atoms with van der Waals surface area (Å²) in [4.78, 5) is 12.8. The molecule has 6 heteroatoms. The van der Waals surface area contributed by atoms with Crippen LogP contribution in [0, 0.1) is 0 Å². The number of nitrogens with one attached hydrogen (secondary N) is 1. The maximum Gasteiger partial charge on any atom is 0.387 e. The number of ether oxygens (including phenoxy) is 1. The normalized spacial score (nSPS) is 10.3. The summed E-state index contributed by atoms with van der Waals surface area (Å²) in [5, 5.41) is 2.90. The Morgan fingerprint density at radius 1 is 1.39 bits per heavy atom. The van der Waals surface area contributed by atoms with Crippen LogP contribution in [0.1, 0.15) is 6.42 Å². The van der Waals surface area contributed by atoms with Crippen molar-refractivity contribution in [2.45, 2.75) is 13.0 Å². The molecule has 4 nitrogen and oxygen atoms in total. The Morgan fingerprint density at radius 2 is 2.06 bits per heavy atom. The minimum atomic E-state index is -2.86. The van der Waals surface area contributed by atoms with Gasteiger partial charge in [-0.1, -0.05) is 12.1 Å². The van der Waals surface area contributed by atoms with Gasteiger partial charge >= 0.3 is 6.61 Å². The number of nitrogens with zero attached hydrogens (tertiary/aromatic N) is 1. The number of alkyl halides is 2. The van der Waals surface area contributed by atoms with E-state index in [1.54, 1.807) is 32.3 Å². The third-order valence-corrected chi connectivity index (χ3v) is 2.26. The van der Waals surface area contributed by atoms with E-state index >= 15 is 0 Å². The predicted molar refractivity (Wildman–Crippen MR) is 64.9 cm³/mol. The van der Waals surface area contributed by atoms with E-state index in [0.29, 0.717) is 12.2 Å². The standard InChI is InChI=1S/C12H16F2N2O2/c1-16(2)11(17)7-8-15-9-5-3-4-6-10(9)18-12(13)14/h3-6,12,15H,7-8H2,1-2H3. The molecule has 1 rings (SSSR count). The van der Waals surface area contributed by atoms with Gasteiger partial charge in [0.15, 0.2) is 0 Å². The van der Waals surface area contributed by atoms with Crippen molar-refractivity contribution in [2.75, 3.05) is 26.0 Å². The van der Waals surface area contributed by atoms with Crippen molar-refractivity contribution in [1.29, 1.82) is 0 Å². The van der Waals surface area contributed by atoms with Crippen molar-refractivity contribution < 1.29 is 18.3 Å². The van der Waals surface area contributed by atoms with Crippen LogP contribution >= 0.6 is 0 Å². The lowest BCUT2D eigenvalue weighted by molar-refractivity contribution is -0.128. The first kappa shape index (κ1) is 14.2. The second-order valence-electron chi connectivity index (χ2n) is 3.84. The first-order valence-electron chi connectivity index (χ1n) is 5.48. The molecular weight excluding hydrogens is 242 g/mol. The molecule has 1 N–H and O–H groups in total. The summed E-state index contributed by atoms with van der Waals surface area (Å²) in [7, 11) is 3.33. The summed E-state index contributed by atoms with van der Waals surface area (Å²) < 4.78 is 28.7. The quantitative estimate of drug-likeness (QED) is 0.850. The second-order valence-corrected chi connectivity index (χ2v) is 3.84. The van der Waals surface area contributed by atoms with Gasteiger partial charge in [0.2, 0.25) is 5.91 Å². The van der Waals surface area contributed by atoms with Gasteiger partial charge in [-0.3, -0.25) is 4.79 Å². The highest BCUT2D eigenvalue weighted by Crippen LogP contribution is 2.25. The molecule has 0 unspecified atom stereocenters. The van der Waals surface area contributed by atoms with E-state index in [1.807, 2.05) is 0 Å². The second kappa shape index (κ2) is 6.78.